The molecule has 30 heavy (non-hydrogen) atoms. The molecule has 1 aliphatic heterocycles. The summed E-state index contributed by atoms with van der Waals surface area (Å²) in [5.74, 6) is 0.890. The summed E-state index contributed by atoms with van der Waals surface area (Å²) in [5.41, 5.74) is 2.93. The Balaban J connectivity index is 0.00000320. The van der Waals surface area contributed by atoms with Crippen molar-refractivity contribution in [3.8, 4) is 0 Å². The van der Waals surface area contributed by atoms with Crippen LogP contribution in [-0.4, -0.2) is 44.8 Å². The van der Waals surface area contributed by atoms with Gasteiger partial charge >= 0.3 is 0 Å². The second kappa shape index (κ2) is 13.3. The molecule has 5 nitrogen and oxygen atoms in total. The van der Waals surface area contributed by atoms with Crippen molar-refractivity contribution in [3.63, 3.8) is 0 Å². The summed E-state index contributed by atoms with van der Waals surface area (Å²) in [6.07, 6.45) is 10.7. The van der Waals surface area contributed by atoms with Crippen molar-refractivity contribution in [1.29, 1.82) is 0 Å². The number of hydrogen-bond acceptors (Lipinski definition) is 3. The molecule has 1 atom stereocenters. The van der Waals surface area contributed by atoms with Gasteiger partial charge in [0.05, 0.1) is 0 Å². The van der Waals surface area contributed by atoms with Crippen LogP contribution in [0.4, 0.5) is 0 Å². The number of aliphatic imine (C=N–C) groups is 1. The number of rotatable bonds is 8. The minimum atomic E-state index is 0. The number of nitrogens with one attached hydrogen (secondary N) is 3. The first-order chi connectivity index (χ1) is 14.2. The Morgan fingerprint density at radius 3 is 2.57 bits per heavy atom. The van der Waals surface area contributed by atoms with Crippen LogP contribution in [0.1, 0.15) is 63.5 Å². The van der Waals surface area contributed by atoms with Gasteiger partial charge in [-0.05, 0) is 57.4 Å². The summed E-state index contributed by atoms with van der Waals surface area (Å²) in [6, 6.07) is 11.0. The molecule has 168 valence electrons. The van der Waals surface area contributed by atoms with E-state index in [9.17, 15) is 0 Å². The fourth-order valence-corrected chi connectivity index (χ4v) is 4.37. The quantitative estimate of drug-likeness (QED) is 0.201. The highest BCUT2D eigenvalue weighted by molar-refractivity contribution is 14.0. The molecule has 1 heterocycles. The van der Waals surface area contributed by atoms with E-state index in [4.69, 9.17) is 4.74 Å². The van der Waals surface area contributed by atoms with E-state index < -0.39 is 0 Å². The fraction of sp³-hybridized carbons (Fsp3) is 0.625. The zero-order valence-electron chi connectivity index (χ0n) is 18.6. The van der Waals surface area contributed by atoms with Crippen molar-refractivity contribution in [2.75, 3.05) is 33.4 Å². The van der Waals surface area contributed by atoms with E-state index in [0.717, 1.165) is 51.5 Å². The molecule has 0 aromatic heterocycles. The highest BCUT2D eigenvalue weighted by atomic mass is 127. The molecule has 0 amide bonds. The van der Waals surface area contributed by atoms with Crippen molar-refractivity contribution >= 4 is 29.9 Å². The Morgan fingerprint density at radius 1 is 1.13 bits per heavy atom. The third kappa shape index (κ3) is 7.85. The van der Waals surface area contributed by atoms with Crippen LogP contribution >= 0.6 is 24.0 Å². The van der Waals surface area contributed by atoms with Crippen LogP contribution in [-0.2, 0) is 4.74 Å². The van der Waals surface area contributed by atoms with Crippen molar-refractivity contribution in [2.24, 2.45) is 4.99 Å². The summed E-state index contributed by atoms with van der Waals surface area (Å²) in [5, 5.41) is 11.0. The maximum atomic E-state index is 5.66. The number of allylic oxidation sites excluding steroid dienone is 1. The molecule has 1 fully saturated rings. The zero-order chi connectivity index (χ0) is 20.4. The van der Waals surface area contributed by atoms with Crippen LogP contribution in [0, 0.1) is 0 Å². The average Bonchev–Trinajstić information content (AvgIpc) is 2.78. The molecule has 3 rings (SSSR count). The Morgan fingerprint density at radius 2 is 1.90 bits per heavy atom. The van der Waals surface area contributed by atoms with Crippen molar-refractivity contribution in [1.82, 2.24) is 16.0 Å². The second-order valence-corrected chi connectivity index (χ2v) is 8.38. The van der Waals surface area contributed by atoms with E-state index >= 15 is 0 Å². The molecule has 0 spiro atoms. The number of halogens is 1. The Labute approximate surface area is 199 Å². The number of benzene rings is 1. The topological polar surface area (TPSA) is 57.7 Å². The Hall–Kier alpha value is -1.12. The van der Waals surface area contributed by atoms with Gasteiger partial charge in [0.2, 0.25) is 0 Å². The average molecular weight is 527 g/mol. The van der Waals surface area contributed by atoms with Gasteiger partial charge in [-0.2, -0.15) is 0 Å². The molecular formula is C24H39IN4O. The highest BCUT2D eigenvalue weighted by Gasteiger charge is 2.34. The third-order valence-electron chi connectivity index (χ3n) is 6.21. The third-order valence-corrected chi connectivity index (χ3v) is 6.21. The maximum Gasteiger partial charge on any atom is 0.191 e. The van der Waals surface area contributed by atoms with E-state index in [1.54, 1.807) is 5.57 Å². The first-order valence-electron chi connectivity index (χ1n) is 11.2. The first kappa shape index (κ1) is 25.1. The molecule has 1 aromatic rings. The largest absolute Gasteiger partial charge is 0.381 e. The minimum absolute atomic E-state index is 0. The molecule has 1 aliphatic carbocycles. The van der Waals surface area contributed by atoms with Crippen molar-refractivity contribution < 1.29 is 4.74 Å². The molecule has 0 radical (unpaired) electrons. The van der Waals surface area contributed by atoms with E-state index in [2.05, 4.69) is 64.3 Å². The highest BCUT2D eigenvalue weighted by Crippen LogP contribution is 2.25. The predicted molar refractivity (Wildman–Crippen MR) is 137 cm³/mol. The van der Waals surface area contributed by atoms with Crippen LogP contribution in [0.25, 0.3) is 0 Å². The van der Waals surface area contributed by atoms with Crippen LogP contribution in [0.5, 0.6) is 0 Å². The smallest absolute Gasteiger partial charge is 0.191 e. The van der Waals surface area contributed by atoms with E-state index in [1.807, 2.05) is 7.05 Å². The molecule has 1 unspecified atom stereocenters. The normalized spacial score (nSPS) is 19.9. The summed E-state index contributed by atoms with van der Waals surface area (Å²) in [4.78, 5) is 4.44. The number of hydrogen-bond donors (Lipinski definition) is 3. The second-order valence-electron chi connectivity index (χ2n) is 8.38. The number of nitrogens with zero attached hydrogens (tertiary/aromatic N) is 1. The molecular weight excluding hydrogens is 487 g/mol. The Kier molecular flexibility index (Phi) is 11.2. The van der Waals surface area contributed by atoms with Gasteiger partial charge in [-0.25, -0.2) is 0 Å². The van der Waals surface area contributed by atoms with Gasteiger partial charge in [-0.15, -0.1) is 24.0 Å². The molecule has 0 bridgehead atoms. The van der Waals surface area contributed by atoms with E-state index in [0.29, 0.717) is 6.04 Å². The monoisotopic (exact) mass is 526 g/mol. The molecule has 2 aliphatic rings. The lowest BCUT2D eigenvalue weighted by molar-refractivity contribution is 0.0355. The lowest BCUT2D eigenvalue weighted by Gasteiger charge is -2.41. The number of guanidine groups is 1. The van der Waals surface area contributed by atoms with Crippen LogP contribution < -0.4 is 16.0 Å². The SMILES string of the molecule is CN=C(NCCC1=CCCCC1)NCC1(NC(C)c2ccccc2)CCOCC1.I. The lowest BCUT2D eigenvalue weighted by Crippen LogP contribution is -2.58. The zero-order valence-corrected chi connectivity index (χ0v) is 20.9. The van der Waals surface area contributed by atoms with Crippen LogP contribution in [0.15, 0.2) is 47.0 Å². The van der Waals surface area contributed by atoms with Gasteiger partial charge in [0.1, 0.15) is 0 Å². The predicted octanol–water partition coefficient (Wildman–Crippen LogP) is 4.56. The van der Waals surface area contributed by atoms with Gasteiger partial charge in [0.15, 0.2) is 5.96 Å². The van der Waals surface area contributed by atoms with Gasteiger partial charge < -0.3 is 20.7 Å². The van der Waals surface area contributed by atoms with Crippen molar-refractivity contribution in [3.05, 3.63) is 47.5 Å². The molecule has 6 heteroatoms. The van der Waals surface area contributed by atoms with Gasteiger partial charge in [-0.3, -0.25) is 4.99 Å². The van der Waals surface area contributed by atoms with Gasteiger partial charge in [0, 0.05) is 44.9 Å². The van der Waals surface area contributed by atoms with Crippen LogP contribution in [0.2, 0.25) is 0 Å². The maximum absolute atomic E-state index is 5.66. The van der Waals surface area contributed by atoms with Crippen molar-refractivity contribution in [2.45, 2.75) is 63.5 Å². The standard InChI is InChI=1S/C24H38N4O.HI/c1-20(22-11-7-4-8-12-22)28-24(14-17-29-18-15-24)19-27-23(25-2)26-16-13-21-9-5-3-6-10-21;/h4,7-9,11-12,20,28H,3,5-6,10,13-19H2,1-2H3,(H2,25,26,27);1H. The molecule has 1 aromatic carbocycles. The Bertz CT molecular complexity index is 671. The summed E-state index contributed by atoms with van der Waals surface area (Å²) < 4.78 is 5.66. The minimum Gasteiger partial charge on any atom is -0.381 e. The summed E-state index contributed by atoms with van der Waals surface area (Å²) >= 11 is 0. The van der Waals surface area contributed by atoms with Crippen LogP contribution in [0.3, 0.4) is 0 Å². The van der Waals surface area contributed by atoms with E-state index in [1.165, 1.54) is 31.2 Å². The molecule has 1 saturated heterocycles. The summed E-state index contributed by atoms with van der Waals surface area (Å²) in [7, 11) is 1.85. The molecule has 3 N–H and O–H groups in total. The fourth-order valence-electron chi connectivity index (χ4n) is 4.37. The number of ether oxygens (including phenoxy) is 1. The summed E-state index contributed by atoms with van der Waals surface area (Å²) in [6.45, 7) is 5.63. The van der Waals surface area contributed by atoms with E-state index in [-0.39, 0.29) is 29.5 Å². The molecule has 0 saturated carbocycles. The van der Waals surface area contributed by atoms with Gasteiger partial charge in [0.25, 0.3) is 0 Å². The lowest BCUT2D eigenvalue weighted by atomic mass is 9.88. The first-order valence-corrected chi connectivity index (χ1v) is 11.2. The van der Waals surface area contributed by atoms with Gasteiger partial charge in [-0.1, -0.05) is 42.0 Å².